The van der Waals surface area contributed by atoms with Crippen LogP contribution in [0.1, 0.15) is 415 Å². The van der Waals surface area contributed by atoms with Crippen molar-refractivity contribution in [1.29, 1.82) is 0 Å². The van der Waals surface area contributed by atoms with Gasteiger partial charge < -0.3 is 33.8 Å². The van der Waals surface area contributed by atoms with Gasteiger partial charge in [0.1, 0.15) is 19.3 Å². The highest BCUT2D eigenvalue weighted by Crippen LogP contribution is 2.45. The zero-order valence-electron chi connectivity index (χ0n) is 65.8. The van der Waals surface area contributed by atoms with E-state index in [1.54, 1.807) is 0 Å². The van der Waals surface area contributed by atoms with Crippen LogP contribution in [0.5, 0.6) is 0 Å². The lowest BCUT2D eigenvalue weighted by atomic mass is 9.99. The largest absolute Gasteiger partial charge is 0.472 e. The van der Waals surface area contributed by atoms with E-state index < -0.39 is 97.5 Å². The summed E-state index contributed by atoms with van der Waals surface area (Å²) in [6.45, 7) is 14.3. The Morgan fingerprint density at radius 1 is 0.280 bits per heavy atom. The molecule has 0 aliphatic carbocycles. The Hall–Kier alpha value is -1.94. The topological polar surface area (TPSA) is 237 Å². The van der Waals surface area contributed by atoms with Gasteiger partial charge in [0.25, 0.3) is 0 Å². The number of ether oxygens (including phenoxy) is 4. The van der Waals surface area contributed by atoms with Crippen LogP contribution in [0.2, 0.25) is 0 Å². The van der Waals surface area contributed by atoms with Crippen LogP contribution in [0.15, 0.2) is 0 Å². The monoisotopic (exact) mass is 1470 g/mol. The molecule has 0 aliphatic rings. The number of esters is 4. The molecule has 0 rings (SSSR count). The highest BCUT2D eigenvalue weighted by molar-refractivity contribution is 7.47. The van der Waals surface area contributed by atoms with Crippen LogP contribution in [0.4, 0.5) is 0 Å². The maximum absolute atomic E-state index is 13.1. The van der Waals surface area contributed by atoms with E-state index in [-0.39, 0.29) is 25.7 Å². The number of phosphoric acid groups is 2. The lowest BCUT2D eigenvalue weighted by Gasteiger charge is -2.21. The van der Waals surface area contributed by atoms with Crippen LogP contribution >= 0.6 is 15.6 Å². The summed E-state index contributed by atoms with van der Waals surface area (Å²) in [4.78, 5) is 73.0. The molecule has 3 N–H and O–H groups in total. The van der Waals surface area contributed by atoms with Crippen molar-refractivity contribution in [2.45, 2.75) is 433 Å². The molecule has 0 bridgehead atoms. The molecule has 594 valence electrons. The Kier molecular flexibility index (Phi) is 68.7. The fourth-order valence-electron chi connectivity index (χ4n) is 12.3. The van der Waals surface area contributed by atoms with Crippen molar-refractivity contribution in [3.63, 3.8) is 0 Å². The van der Waals surface area contributed by atoms with Gasteiger partial charge >= 0.3 is 39.5 Å². The van der Waals surface area contributed by atoms with Crippen LogP contribution in [0.3, 0.4) is 0 Å². The fraction of sp³-hybridized carbons (Fsp3) is 0.951. The molecule has 0 aromatic rings. The SMILES string of the molecule is CCC(C)CCCCCCCCCCCCCCCCC(=O)OC[C@H](COP(=O)(O)OC[C@@H](O)COP(=O)(O)OC[C@@H](COC(=O)CCCCCCCCCCC(C)CC)OC(=O)CCCCCCCCCCCC(C)C)OC(=O)CCCCCCCCCCCCCCCCC(C)CC. The van der Waals surface area contributed by atoms with Crippen molar-refractivity contribution >= 4 is 39.5 Å². The number of unbranched alkanes of at least 4 members (excludes halogenated alkanes) is 41. The summed E-state index contributed by atoms with van der Waals surface area (Å²) in [5.74, 6) is 1.10. The second-order valence-corrected chi connectivity index (χ2v) is 33.3. The van der Waals surface area contributed by atoms with Crippen molar-refractivity contribution in [2.75, 3.05) is 39.6 Å². The zero-order valence-corrected chi connectivity index (χ0v) is 67.6. The fourth-order valence-corrected chi connectivity index (χ4v) is 13.9. The number of hydrogen-bond donors (Lipinski definition) is 3. The Balaban J connectivity index is 5.26. The summed E-state index contributed by atoms with van der Waals surface area (Å²) in [6.07, 6.45) is 56.7. The van der Waals surface area contributed by atoms with E-state index in [0.717, 1.165) is 114 Å². The van der Waals surface area contributed by atoms with Gasteiger partial charge in [-0.2, -0.15) is 0 Å². The molecule has 8 atom stereocenters. The third-order valence-electron chi connectivity index (χ3n) is 19.9. The van der Waals surface area contributed by atoms with Crippen LogP contribution in [0.25, 0.3) is 0 Å². The average Bonchev–Trinajstić information content (AvgIpc) is 0.951. The van der Waals surface area contributed by atoms with Crippen LogP contribution in [0, 0.1) is 23.7 Å². The smallest absolute Gasteiger partial charge is 0.462 e. The van der Waals surface area contributed by atoms with Gasteiger partial charge in [-0.1, -0.05) is 364 Å². The Morgan fingerprint density at radius 2 is 0.480 bits per heavy atom. The number of carbonyl (C=O) groups excluding carboxylic acids is 4. The standard InChI is InChI=1S/C81H158O17P2/c1-9-72(6)58-50-42-34-26-20-16-12-14-18-22-28-37-45-53-61-78(83)91-67-76(97-80(85)63-55-47-39-29-23-19-15-13-17-21-27-35-43-51-59-73(7)10-2)69-95-99(87,88)93-65-75(82)66-94-100(89,90)96-70-77(98-81(86)64-56-48-40-30-24-25-33-41-49-57-71(4)5)68-92-79(84)62-54-46-38-32-31-36-44-52-60-74(8)11-3/h71-77,82H,9-70H2,1-8H3,(H,87,88)(H,89,90)/t72?,73?,74?,75-,76-,77-/m1/s1. The lowest BCUT2D eigenvalue weighted by Crippen LogP contribution is -2.30. The summed E-state index contributed by atoms with van der Waals surface area (Å²) in [5, 5.41) is 10.6. The normalized spacial score (nSPS) is 14.8. The molecule has 0 amide bonds. The van der Waals surface area contributed by atoms with Crippen molar-refractivity contribution in [3.05, 3.63) is 0 Å². The van der Waals surface area contributed by atoms with Crippen molar-refractivity contribution < 1.29 is 80.2 Å². The summed E-state index contributed by atoms with van der Waals surface area (Å²) in [5.41, 5.74) is 0. The summed E-state index contributed by atoms with van der Waals surface area (Å²) >= 11 is 0. The first-order valence-electron chi connectivity index (χ1n) is 41.8. The van der Waals surface area contributed by atoms with E-state index in [1.165, 1.54) is 218 Å². The van der Waals surface area contributed by atoms with Gasteiger partial charge in [-0.25, -0.2) is 9.13 Å². The van der Waals surface area contributed by atoms with Gasteiger partial charge in [0, 0.05) is 25.7 Å². The number of carbonyl (C=O) groups is 4. The number of rotatable bonds is 78. The molecule has 5 unspecified atom stereocenters. The van der Waals surface area contributed by atoms with E-state index in [9.17, 15) is 43.2 Å². The van der Waals surface area contributed by atoms with E-state index in [2.05, 4.69) is 55.4 Å². The van der Waals surface area contributed by atoms with Crippen LogP contribution in [-0.2, 0) is 65.4 Å². The molecule has 0 aromatic heterocycles. The summed E-state index contributed by atoms with van der Waals surface area (Å²) in [6, 6.07) is 0. The first-order chi connectivity index (χ1) is 48.2. The van der Waals surface area contributed by atoms with E-state index in [4.69, 9.17) is 37.0 Å². The van der Waals surface area contributed by atoms with Crippen molar-refractivity contribution in [1.82, 2.24) is 0 Å². The Morgan fingerprint density at radius 3 is 0.710 bits per heavy atom. The molecule has 0 saturated heterocycles. The maximum Gasteiger partial charge on any atom is 0.472 e. The molecule has 0 spiro atoms. The Labute approximate surface area is 613 Å². The first-order valence-corrected chi connectivity index (χ1v) is 44.8. The minimum Gasteiger partial charge on any atom is -0.462 e. The minimum absolute atomic E-state index is 0.105. The maximum atomic E-state index is 13.1. The average molecular weight is 1470 g/mol. The van der Waals surface area contributed by atoms with Crippen LogP contribution < -0.4 is 0 Å². The van der Waals surface area contributed by atoms with E-state index in [0.29, 0.717) is 25.7 Å². The molecule has 0 fully saturated rings. The third-order valence-corrected chi connectivity index (χ3v) is 21.8. The zero-order chi connectivity index (χ0) is 73.8. The Bertz CT molecular complexity index is 1960. The van der Waals surface area contributed by atoms with Crippen LogP contribution in [-0.4, -0.2) is 96.7 Å². The highest BCUT2D eigenvalue weighted by Gasteiger charge is 2.30. The minimum atomic E-state index is -4.96. The second-order valence-electron chi connectivity index (χ2n) is 30.4. The number of phosphoric ester groups is 2. The highest BCUT2D eigenvalue weighted by atomic mass is 31.2. The molecule has 19 heteroatoms. The molecular formula is C81H158O17P2. The summed E-state index contributed by atoms with van der Waals surface area (Å²) in [7, 11) is -9.92. The molecule has 100 heavy (non-hydrogen) atoms. The first kappa shape index (κ1) is 98.1. The molecule has 0 aromatic carbocycles. The molecule has 17 nitrogen and oxygen atoms in total. The predicted octanol–water partition coefficient (Wildman–Crippen LogP) is 24.0. The number of hydrogen-bond acceptors (Lipinski definition) is 15. The number of aliphatic hydroxyl groups excluding tert-OH is 1. The van der Waals surface area contributed by atoms with Crippen molar-refractivity contribution in [3.8, 4) is 0 Å². The molecule has 0 heterocycles. The van der Waals surface area contributed by atoms with E-state index >= 15 is 0 Å². The van der Waals surface area contributed by atoms with Gasteiger partial charge in [-0.15, -0.1) is 0 Å². The second kappa shape index (κ2) is 70.1. The molecule has 0 radical (unpaired) electrons. The van der Waals surface area contributed by atoms with Gasteiger partial charge in [0.2, 0.25) is 0 Å². The molecule has 0 aliphatic heterocycles. The summed E-state index contributed by atoms with van der Waals surface area (Å²) < 4.78 is 68.7. The molecular weight excluding hydrogens is 1310 g/mol. The van der Waals surface area contributed by atoms with Gasteiger partial charge in [-0.05, 0) is 49.4 Å². The van der Waals surface area contributed by atoms with E-state index in [1.807, 2.05) is 0 Å². The van der Waals surface area contributed by atoms with Gasteiger partial charge in [0.15, 0.2) is 12.2 Å². The van der Waals surface area contributed by atoms with Gasteiger partial charge in [-0.3, -0.25) is 37.3 Å². The third kappa shape index (κ3) is 70.4. The van der Waals surface area contributed by atoms with Gasteiger partial charge in [0.05, 0.1) is 26.4 Å². The lowest BCUT2D eigenvalue weighted by molar-refractivity contribution is -0.161. The number of aliphatic hydroxyl groups is 1. The predicted molar refractivity (Wildman–Crippen MR) is 409 cm³/mol. The van der Waals surface area contributed by atoms with Crippen molar-refractivity contribution in [2.24, 2.45) is 23.7 Å². The quantitative estimate of drug-likeness (QED) is 0.0222. The molecule has 0 saturated carbocycles.